The minimum Gasteiger partial charge on any atom is -0.508 e. The molecule has 8 heteroatoms. The molecular weight excluding hydrogens is 313 g/mol. The van der Waals surface area contributed by atoms with Gasteiger partial charge in [-0.2, -0.15) is 13.2 Å². The molecule has 23 heavy (non-hydrogen) atoms. The number of hydrogen-bond acceptors (Lipinski definition) is 4. The number of nitrogens with zero attached hydrogens (tertiary/aromatic N) is 2. The predicted octanol–water partition coefficient (Wildman–Crippen LogP) is 3.02. The van der Waals surface area contributed by atoms with E-state index in [0.717, 1.165) is 6.07 Å². The average molecular weight is 322 g/mol. The second-order valence-corrected chi connectivity index (χ2v) is 4.89. The maximum absolute atomic E-state index is 13.0. The van der Waals surface area contributed by atoms with Gasteiger partial charge in [0, 0.05) is 11.1 Å². The molecule has 0 saturated carbocycles. The number of phenols is 1. The van der Waals surface area contributed by atoms with Gasteiger partial charge in [0.25, 0.3) is 0 Å². The summed E-state index contributed by atoms with van der Waals surface area (Å²) in [6, 6.07) is 6.83. The molecule has 0 spiro atoms. The Labute approximate surface area is 127 Å². The topological polar surface area (TPSA) is 82.8 Å². The number of aromatic carboxylic acids is 1. The lowest BCUT2D eigenvalue weighted by molar-refractivity contribution is -0.0579. The fourth-order valence-corrected chi connectivity index (χ4v) is 2.39. The van der Waals surface area contributed by atoms with Gasteiger partial charge in [0.1, 0.15) is 11.5 Å². The van der Waals surface area contributed by atoms with Crippen molar-refractivity contribution >= 4 is 11.7 Å². The van der Waals surface area contributed by atoms with Gasteiger partial charge in [-0.1, -0.05) is 0 Å². The number of fused-ring (bicyclic) bond motifs is 1. The SMILES string of the molecule is O=C(O)c1cc(-c2ccc(O)cc2)nc2c1C(C(F)(F)F)=NC2. The quantitative estimate of drug-likeness (QED) is 0.890. The first-order chi connectivity index (χ1) is 10.8. The van der Waals surface area contributed by atoms with Gasteiger partial charge in [-0.15, -0.1) is 0 Å². The molecule has 0 radical (unpaired) electrons. The molecule has 3 rings (SSSR count). The fraction of sp³-hybridized carbons (Fsp3) is 0.133. The maximum Gasteiger partial charge on any atom is 0.433 e. The largest absolute Gasteiger partial charge is 0.508 e. The van der Waals surface area contributed by atoms with Gasteiger partial charge in [-0.25, -0.2) is 4.79 Å². The highest BCUT2D eigenvalue weighted by Gasteiger charge is 2.43. The smallest absolute Gasteiger partial charge is 0.433 e. The fourth-order valence-electron chi connectivity index (χ4n) is 2.39. The number of halogens is 3. The molecule has 1 aromatic heterocycles. The summed E-state index contributed by atoms with van der Waals surface area (Å²) >= 11 is 0. The number of carboxylic acids is 1. The number of pyridine rings is 1. The van der Waals surface area contributed by atoms with Crippen LogP contribution < -0.4 is 0 Å². The third-order valence-electron chi connectivity index (χ3n) is 3.38. The van der Waals surface area contributed by atoms with Crippen LogP contribution in [-0.4, -0.2) is 33.1 Å². The van der Waals surface area contributed by atoms with Crippen LogP contribution in [0.25, 0.3) is 11.3 Å². The molecule has 0 fully saturated rings. The molecule has 2 aromatic rings. The van der Waals surface area contributed by atoms with Crippen LogP contribution in [0.2, 0.25) is 0 Å². The summed E-state index contributed by atoms with van der Waals surface area (Å²) in [5.74, 6) is -1.47. The van der Waals surface area contributed by atoms with Crippen molar-refractivity contribution in [1.29, 1.82) is 0 Å². The van der Waals surface area contributed by atoms with E-state index >= 15 is 0 Å². The monoisotopic (exact) mass is 322 g/mol. The van der Waals surface area contributed by atoms with Crippen molar-refractivity contribution in [2.75, 3.05) is 0 Å². The lowest BCUT2D eigenvalue weighted by atomic mass is 9.99. The van der Waals surface area contributed by atoms with Gasteiger partial charge in [-0.05, 0) is 30.3 Å². The van der Waals surface area contributed by atoms with E-state index in [1.54, 1.807) is 0 Å². The minimum absolute atomic E-state index is 0.0102. The first kappa shape index (κ1) is 15.0. The summed E-state index contributed by atoms with van der Waals surface area (Å²) in [6.45, 7) is -0.323. The van der Waals surface area contributed by atoms with E-state index < -0.39 is 29.0 Å². The number of phenolic OH excluding ortho intramolecular Hbond substituents is 1. The second kappa shape index (κ2) is 5.08. The molecule has 0 aliphatic carbocycles. The molecule has 1 aromatic carbocycles. The van der Waals surface area contributed by atoms with Gasteiger partial charge in [0.15, 0.2) is 0 Å². The number of aromatic hydroxyl groups is 1. The van der Waals surface area contributed by atoms with E-state index in [9.17, 15) is 28.2 Å². The summed E-state index contributed by atoms with van der Waals surface area (Å²) < 4.78 is 38.9. The normalized spacial score (nSPS) is 13.6. The molecular formula is C15H9F3N2O3. The third-order valence-corrected chi connectivity index (χ3v) is 3.38. The Kier molecular flexibility index (Phi) is 3.32. The number of rotatable bonds is 2. The van der Waals surface area contributed by atoms with Gasteiger partial charge in [-0.3, -0.25) is 9.98 Å². The number of aromatic nitrogens is 1. The lowest BCUT2D eigenvalue weighted by Gasteiger charge is -2.12. The molecule has 5 nitrogen and oxygen atoms in total. The van der Waals surface area contributed by atoms with Gasteiger partial charge in [0.05, 0.1) is 23.5 Å². The molecule has 1 aliphatic rings. The van der Waals surface area contributed by atoms with Crippen LogP contribution in [0.1, 0.15) is 21.6 Å². The van der Waals surface area contributed by atoms with Crippen LogP contribution in [0.5, 0.6) is 5.75 Å². The van der Waals surface area contributed by atoms with Crippen LogP contribution in [0.3, 0.4) is 0 Å². The summed E-state index contributed by atoms with van der Waals surface area (Å²) in [6.07, 6.45) is -4.74. The van der Waals surface area contributed by atoms with E-state index in [1.165, 1.54) is 24.3 Å². The van der Waals surface area contributed by atoms with Crippen molar-refractivity contribution in [1.82, 2.24) is 4.98 Å². The molecule has 0 amide bonds. The molecule has 0 bridgehead atoms. The van der Waals surface area contributed by atoms with E-state index in [1.807, 2.05) is 0 Å². The van der Waals surface area contributed by atoms with Crippen LogP contribution in [0.4, 0.5) is 13.2 Å². The van der Waals surface area contributed by atoms with Crippen molar-refractivity contribution < 1.29 is 28.2 Å². The van der Waals surface area contributed by atoms with Crippen LogP contribution >= 0.6 is 0 Å². The van der Waals surface area contributed by atoms with Crippen molar-refractivity contribution in [2.24, 2.45) is 4.99 Å². The minimum atomic E-state index is -4.74. The van der Waals surface area contributed by atoms with E-state index in [4.69, 9.17) is 0 Å². The zero-order valence-electron chi connectivity index (χ0n) is 11.4. The van der Waals surface area contributed by atoms with Gasteiger partial charge < -0.3 is 10.2 Å². The van der Waals surface area contributed by atoms with E-state index in [-0.39, 0.29) is 23.7 Å². The van der Waals surface area contributed by atoms with E-state index in [2.05, 4.69) is 9.98 Å². The number of benzene rings is 1. The Morgan fingerprint density at radius 1 is 1.17 bits per heavy atom. The number of carbonyl (C=O) groups is 1. The first-order valence-electron chi connectivity index (χ1n) is 6.46. The van der Waals surface area contributed by atoms with Crippen molar-refractivity contribution in [3.05, 3.63) is 47.2 Å². The lowest BCUT2D eigenvalue weighted by Crippen LogP contribution is -2.25. The first-order valence-corrected chi connectivity index (χ1v) is 6.46. The number of carboxylic acid groups (broad SMARTS) is 1. The van der Waals surface area contributed by atoms with Gasteiger partial charge >= 0.3 is 12.1 Å². The maximum atomic E-state index is 13.0. The van der Waals surface area contributed by atoms with Crippen molar-refractivity contribution in [2.45, 2.75) is 12.7 Å². The summed E-state index contributed by atoms with van der Waals surface area (Å²) in [5, 5.41) is 18.5. The molecule has 0 unspecified atom stereocenters. The number of alkyl halides is 3. The number of aliphatic imine (C=N–C) groups is 1. The Hall–Kier alpha value is -2.90. The molecule has 0 saturated heterocycles. The highest BCUT2D eigenvalue weighted by molar-refractivity contribution is 6.13. The molecule has 1 aliphatic heterocycles. The highest BCUT2D eigenvalue weighted by atomic mass is 19.4. The van der Waals surface area contributed by atoms with Crippen molar-refractivity contribution in [3.8, 4) is 17.0 Å². The predicted molar refractivity (Wildman–Crippen MR) is 74.6 cm³/mol. The van der Waals surface area contributed by atoms with Crippen LogP contribution in [-0.2, 0) is 6.54 Å². The molecule has 2 heterocycles. The Morgan fingerprint density at radius 2 is 1.83 bits per heavy atom. The Morgan fingerprint density at radius 3 is 2.39 bits per heavy atom. The Bertz CT molecular complexity index is 827. The highest BCUT2D eigenvalue weighted by Crippen LogP contribution is 2.33. The zero-order valence-corrected chi connectivity index (χ0v) is 11.4. The van der Waals surface area contributed by atoms with Gasteiger partial charge in [0.2, 0.25) is 0 Å². The molecule has 118 valence electrons. The average Bonchev–Trinajstić information content (AvgIpc) is 2.90. The third kappa shape index (κ3) is 2.63. The van der Waals surface area contributed by atoms with Crippen molar-refractivity contribution in [3.63, 3.8) is 0 Å². The van der Waals surface area contributed by atoms with Crippen LogP contribution in [0.15, 0.2) is 35.3 Å². The molecule has 0 atom stereocenters. The van der Waals surface area contributed by atoms with E-state index in [0.29, 0.717) is 5.56 Å². The molecule has 2 N–H and O–H groups in total. The second-order valence-electron chi connectivity index (χ2n) is 4.89. The number of hydrogen-bond donors (Lipinski definition) is 2. The zero-order chi connectivity index (χ0) is 16.8. The summed E-state index contributed by atoms with van der Waals surface area (Å²) in [7, 11) is 0. The summed E-state index contributed by atoms with van der Waals surface area (Å²) in [4.78, 5) is 18.9. The summed E-state index contributed by atoms with van der Waals surface area (Å²) in [5.41, 5.74) is -1.53. The van der Waals surface area contributed by atoms with Crippen LogP contribution in [0, 0.1) is 0 Å². The standard InChI is InChI=1S/C15H9F3N2O3/c16-15(17,18)13-12-9(14(22)23)5-10(20-11(12)6-19-13)7-1-3-8(21)4-2-7/h1-5,21H,6H2,(H,22,23). The Balaban J connectivity index is 2.18.